The van der Waals surface area contributed by atoms with E-state index in [1.807, 2.05) is 81.5 Å². The molecule has 0 saturated heterocycles. The van der Waals surface area contributed by atoms with E-state index in [4.69, 9.17) is 9.72 Å². The first-order valence-corrected chi connectivity index (χ1v) is 11.4. The third kappa shape index (κ3) is 5.15. The molecule has 0 atom stereocenters. The average molecular weight is 455 g/mol. The molecular weight excluding hydrogens is 424 g/mol. The van der Waals surface area contributed by atoms with Crippen molar-refractivity contribution in [2.45, 2.75) is 33.6 Å². The Kier molecular flexibility index (Phi) is 8.14. The summed E-state index contributed by atoms with van der Waals surface area (Å²) in [5.74, 6) is 0.422. The van der Waals surface area contributed by atoms with Gasteiger partial charge >= 0.3 is 0 Å². The highest BCUT2D eigenvalue weighted by atomic mass is 16.5. The SMILES string of the molecule is C=Cc1c(/C=C\C)nc(-c2ccc(-c3ccc(NC(=O)CC)cc3)cc2)c(OC)c1C(=O)CC. The Balaban J connectivity index is 2.05. The summed E-state index contributed by atoms with van der Waals surface area (Å²) in [5.41, 5.74) is 6.15. The van der Waals surface area contributed by atoms with E-state index in [0.29, 0.717) is 41.1 Å². The van der Waals surface area contributed by atoms with Crippen molar-refractivity contribution in [1.29, 1.82) is 0 Å². The lowest BCUT2D eigenvalue weighted by molar-refractivity contribution is -0.115. The molecule has 0 spiro atoms. The number of benzene rings is 2. The number of nitrogens with zero attached hydrogens (tertiary/aromatic N) is 1. The van der Waals surface area contributed by atoms with Crippen LogP contribution >= 0.6 is 0 Å². The fourth-order valence-electron chi connectivity index (χ4n) is 3.76. The lowest BCUT2D eigenvalue weighted by Crippen LogP contribution is -2.09. The number of hydrogen-bond donors (Lipinski definition) is 1. The molecule has 5 nitrogen and oxygen atoms in total. The largest absolute Gasteiger partial charge is 0.494 e. The fraction of sp³-hybridized carbons (Fsp3) is 0.207. The lowest BCUT2D eigenvalue weighted by Gasteiger charge is -2.17. The van der Waals surface area contributed by atoms with Gasteiger partial charge in [-0.05, 0) is 36.3 Å². The molecule has 0 fully saturated rings. The summed E-state index contributed by atoms with van der Waals surface area (Å²) in [7, 11) is 1.56. The highest BCUT2D eigenvalue weighted by molar-refractivity contribution is 6.04. The number of aromatic nitrogens is 1. The number of carbonyl (C=O) groups excluding carboxylic acids is 2. The van der Waals surface area contributed by atoms with Gasteiger partial charge in [0.2, 0.25) is 5.91 Å². The standard InChI is InChI=1S/C29H30N2O3/c1-6-10-24-23(7-2)27(25(32)8-3)29(34-5)28(31-24)21-13-11-19(12-14-21)20-15-17-22(18-16-20)30-26(33)9-4/h6-7,10-18H,2,8-9H2,1,3-5H3,(H,30,33)/b10-6-. The number of Topliss-reactive ketones (excluding diaryl/α,β-unsaturated/α-hetero) is 1. The minimum atomic E-state index is -0.0203. The number of allylic oxidation sites excluding steroid dienone is 1. The molecule has 0 unspecified atom stereocenters. The Morgan fingerprint density at radius 2 is 1.56 bits per heavy atom. The molecule has 5 heteroatoms. The summed E-state index contributed by atoms with van der Waals surface area (Å²) in [6, 6.07) is 15.7. The lowest BCUT2D eigenvalue weighted by atomic mass is 9.95. The number of ketones is 1. The first-order chi connectivity index (χ1) is 16.5. The number of anilines is 1. The van der Waals surface area contributed by atoms with Crippen LogP contribution in [0.15, 0.2) is 61.2 Å². The molecular formula is C29H30N2O3. The van der Waals surface area contributed by atoms with Gasteiger partial charge in [0.15, 0.2) is 11.5 Å². The highest BCUT2D eigenvalue weighted by Gasteiger charge is 2.23. The number of carbonyl (C=O) groups is 2. The first-order valence-electron chi connectivity index (χ1n) is 11.4. The Labute approximate surface area is 201 Å². The number of methoxy groups -OCH3 is 1. The Hall–Kier alpha value is -3.99. The predicted molar refractivity (Wildman–Crippen MR) is 140 cm³/mol. The number of rotatable bonds is 9. The summed E-state index contributed by atoms with van der Waals surface area (Å²) in [6.07, 6.45) is 6.22. The van der Waals surface area contributed by atoms with Gasteiger partial charge in [-0.1, -0.05) is 69.0 Å². The van der Waals surface area contributed by atoms with Crippen LogP contribution in [0.1, 0.15) is 55.2 Å². The molecule has 1 amide bonds. The van der Waals surface area contributed by atoms with Crippen molar-refractivity contribution in [2.24, 2.45) is 0 Å². The van der Waals surface area contributed by atoms with Crippen LogP contribution in [0.2, 0.25) is 0 Å². The van der Waals surface area contributed by atoms with Gasteiger partial charge in [-0.25, -0.2) is 4.98 Å². The minimum absolute atomic E-state index is 0.0146. The molecule has 0 radical (unpaired) electrons. The van der Waals surface area contributed by atoms with Crippen LogP contribution in [0.25, 0.3) is 34.5 Å². The monoisotopic (exact) mass is 454 g/mol. The van der Waals surface area contributed by atoms with Crippen molar-refractivity contribution in [3.63, 3.8) is 0 Å². The number of ether oxygens (including phenoxy) is 1. The van der Waals surface area contributed by atoms with Crippen LogP contribution < -0.4 is 10.1 Å². The van der Waals surface area contributed by atoms with E-state index < -0.39 is 0 Å². The summed E-state index contributed by atoms with van der Waals surface area (Å²) in [5, 5.41) is 2.86. The van der Waals surface area contributed by atoms with Crippen LogP contribution in [0, 0.1) is 0 Å². The van der Waals surface area contributed by atoms with Crippen LogP contribution in [0.5, 0.6) is 5.75 Å². The van der Waals surface area contributed by atoms with Gasteiger partial charge in [-0.15, -0.1) is 0 Å². The smallest absolute Gasteiger partial charge is 0.224 e. The Bertz CT molecular complexity index is 1220. The van der Waals surface area contributed by atoms with E-state index >= 15 is 0 Å². The van der Waals surface area contributed by atoms with E-state index in [1.165, 1.54) is 0 Å². The van der Waals surface area contributed by atoms with Crippen molar-refractivity contribution < 1.29 is 14.3 Å². The van der Waals surface area contributed by atoms with Gasteiger partial charge < -0.3 is 10.1 Å². The third-order valence-corrected chi connectivity index (χ3v) is 5.53. The van der Waals surface area contributed by atoms with Crippen molar-refractivity contribution in [3.8, 4) is 28.1 Å². The quantitative estimate of drug-likeness (QED) is 0.352. The number of hydrogen-bond acceptors (Lipinski definition) is 4. The molecule has 1 N–H and O–H groups in total. The van der Waals surface area contributed by atoms with Crippen molar-refractivity contribution in [1.82, 2.24) is 4.98 Å². The molecule has 0 saturated carbocycles. The first kappa shape index (κ1) is 24.6. The zero-order chi connectivity index (χ0) is 24.7. The molecule has 2 aromatic carbocycles. The van der Waals surface area contributed by atoms with Gasteiger partial charge in [-0.3, -0.25) is 9.59 Å². The van der Waals surface area contributed by atoms with Gasteiger partial charge in [0.05, 0.1) is 18.4 Å². The highest BCUT2D eigenvalue weighted by Crippen LogP contribution is 2.37. The molecule has 1 heterocycles. The van der Waals surface area contributed by atoms with E-state index in [-0.39, 0.29) is 11.7 Å². The molecule has 3 aromatic rings. The van der Waals surface area contributed by atoms with E-state index in [0.717, 1.165) is 22.4 Å². The molecule has 34 heavy (non-hydrogen) atoms. The van der Waals surface area contributed by atoms with Gasteiger partial charge in [0.25, 0.3) is 0 Å². The summed E-state index contributed by atoms with van der Waals surface area (Å²) < 4.78 is 5.71. The Morgan fingerprint density at radius 3 is 2.06 bits per heavy atom. The third-order valence-electron chi connectivity index (χ3n) is 5.53. The van der Waals surface area contributed by atoms with Crippen molar-refractivity contribution >= 4 is 29.5 Å². The molecule has 0 bridgehead atoms. The van der Waals surface area contributed by atoms with Gasteiger partial charge in [0, 0.05) is 29.7 Å². The average Bonchev–Trinajstić information content (AvgIpc) is 2.88. The van der Waals surface area contributed by atoms with Crippen molar-refractivity contribution in [2.75, 3.05) is 12.4 Å². The zero-order valence-corrected chi connectivity index (χ0v) is 20.1. The van der Waals surface area contributed by atoms with E-state index in [1.54, 1.807) is 13.2 Å². The minimum Gasteiger partial charge on any atom is -0.494 e. The van der Waals surface area contributed by atoms with Crippen molar-refractivity contribution in [3.05, 3.63) is 78.0 Å². The molecule has 0 aliphatic rings. The molecule has 174 valence electrons. The molecule has 0 aliphatic carbocycles. The number of pyridine rings is 1. The Morgan fingerprint density at radius 1 is 0.971 bits per heavy atom. The van der Waals surface area contributed by atoms with E-state index in [9.17, 15) is 9.59 Å². The second kappa shape index (κ2) is 11.2. The number of amides is 1. The second-order valence-electron chi connectivity index (χ2n) is 7.70. The predicted octanol–water partition coefficient (Wildman–Crippen LogP) is 7.04. The maximum atomic E-state index is 12.9. The summed E-state index contributed by atoms with van der Waals surface area (Å²) >= 11 is 0. The summed E-state index contributed by atoms with van der Waals surface area (Å²) in [6.45, 7) is 9.46. The second-order valence-corrected chi connectivity index (χ2v) is 7.70. The molecule has 1 aromatic heterocycles. The van der Waals surface area contributed by atoms with Crippen LogP contribution in [-0.4, -0.2) is 23.8 Å². The molecule has 3 rings (SSSR count). The zero-order valence-electron chi connectivity index (χ0n) is 20.1. The molecule has 0 aliphatic heterocycles. The number of nitrogens with one attached hydrogen (secondary N) is 1. The van der Waals surface area contributed by atoms with Crippen LogP contribution in [0.4, 0.5) is 5.69 Å². The topological polar surface area (TPSA) is 68.3 Å². The maximum absolute atomic E-state index is 12.9. The van der Waals surface area contributed by atoms with Crippen LogP contribution in [-0.2, 0) is 4.79 Å². The van der Waals surface area contributed by atoms with E-state index in [2.05, 4.69) is 11.9 Å². The fourth-order valence-corrected chi connectivity index (χ4v) is 3.76. The van der Waals surface area contributed by atoms with Crippen LogP contribution in [0.3, 0.4) is 0 Å². The normalized spacial score (nSPS) is 10.8. The summed E-state index contributed by atoms with van der Waals surface area (Å²) in [4.78, 5) is 29.3. The maximum Gasteiger partial charge on any atom is 0.224 e. The van der Waals surface area contributed by atoms with Gasteiger partial charge in [0.1, 0.15) is 5.69 Å². The van der Waals surface area contributed by atoms with Gasteiger partial charge in [-0.2, -0.15) is 0 Å².